The van der Waals surface area contributed by atoms with Crippen molar-refractivity contribution in [1.82, 2.24) is 9.97 Å². The van der Waals surface area contributed by atoms with Crippen LogP contribution in [0.5, 0.6) is 0 Å². The van der Waals surface area contributed by atoms with Gasteiger partial charge in [-0.3, -0.25) is 9.59 Å². The van der Waals surface area contributed by atoms with Crippen LogP contribution in [0.4, 0.5) is 0 Å². The molecule has 106 valence electrons. The molecule has 0 atom stereocenters. The molecule has 2 heterocycles. The Morgan fingerprint density at radius 3 is 2.73 bits per heavy atom. The summed E-state index contributed by atoms with van der Waals surface area (Å²) in [6, 6.07) is 11.8. The van der Waals surface area contributed by atoms with Crippen molar-refractivity contribution in [2.24, 2.45) is 5.73 Å². The fourth-order valence-corrected chi connectivity index (χ4v) is 2.00. The van der Waals surface area contributed by atoms with E-state index in [9.17, 15) is 9.59 Å². The number of H-pyrrole nitrogens is 1. The van der Waals surface area contributed by atoms with Gasteiger partial charge in [0.15, 0.2) is 0 Å². The van der Waals surface area contributed by atoms with E-state index in [0.29, 0.717) is 22.3 Å². The number of nitrogens with two attached hydrogens (primary N) is 1. The van der Waals surface area contributed by atoms with Crippen LogP contribution in [0.1, 0.15) is 21.5 Å². The van der Waals surface area contributed by atoms with Crippen molar-refractivity contribution in [3.63, 3.8) is 0 Å². The molecule has 0 fully saturated rings. The molecule has 0 spiro atoms. The first-order chi connectivity index (χ1) is 10.6. The molecule has 1 amide bonds. The van der Waals surface area contributed by atoms with Gasteiger partial charge in [-0.1, -0.05) is 17.9 Å². The molecule has 1 aromatic carbocycles. The minimum Gasteiger partial charge on any atom is -0.366 e. The second-order valence-electron chi connectivity index (χ2n) is 4.68. The molecule has 0 radical (unpaired) electrons. The number of pyridine rings is 2. The Kier molecular flexibility index (Phi) is 3.42. The summed E-state index contributed by atoms with van der Waals surface area (Å²) in [6.45, 7) is 0. The van der Waals surface area contributed by atoms with E-state index in [-0.39, 0.29) is 5.56 Å². The number of hydrogen-bond donors (Lipinski definition) is 2. The Balaban J connectivity index is 1.97. The fraction of sp³-hybridized carbons (Fsp3) is 0. The highest BCUT2D eigenvalue weighted by atomic mass is 16.1. The van der Waals surface area contributed by atoms with Gasteiger partial charge in [0.25, 0.3) is 0 Å². The largest absolute Gasteiger partial charge is 0.366 e. The monoisotopic (exact) mass is 289 g/mol. The molecule has 3 N–H and O–H groups in total. The number of aromatic nitrogens is 2. The highest BCUT2D eigenvalue weighted by molar-refractivity contribution is 5.93. The number of carbonyl (C=O) groups is 1. The van der Waals surface area contributed by atoms with Crippen molar-refractivity contribution >= 4 is 16.9 Å². The Hall–Kier alpha value is -3.39. The molecule has 0 saturated heterocycles. The summed E-state index contributed by atoms with van der Waals surface area (Å²) in [5.74, 6) is 5.45. The average Bonchev–Trinajstić information content (AvgIpc) is 2.53. The van der Waals surface area contributed by atoms with E-state index in [4.69, 9.17) is 5.73 Å². The number of aromatic amines is 1. The van der Waals surface area contributed by atoms with Crippen molar-refractivity contribution in [2.75, 3.05) is 0 Å². The van der Waals surface area contributed by atoms with Gasteiger partial charge in [-0.05, 0) is 30.3 Å². The summed E-state index contributed by atoms with van der Waals surface area (Å²) in [6.07, 6.45) is 1.59. The molecule has 0 unspecified atom stereocenters. The maximum absolute atomic E-state index is 11.2. The second-order valence-corrected chi connectivity index (χ2v) is 4.68. The van der Waals surface area contributed by atoms with Gasteiger partial charge in [0.05, 0.1) is 0 Å². The van der Waals surface area contributed by atoms with E-state index >= 15 is 0 Å². The maximum Gasteiger partial charge on any atom is 0.249 e. The number of carbonyl (C=O) groups excluding carboxylic acids is 1. The quantitative estimate of drug-likeness (QED) is 0.664. The number of amides is 1. The van der Waals surface area contributed by atoms with Crippen molar-refractivity contribution in [2.45, 2.75) is 0 Å². The van der Waals surface area contributed by atoms with E-state index in [0.717, 1.165) is 5.39 Å². The van der Waals surface area contributed by atoms with Crippen LogP contribution in [-0.4, -0.2) is 15.9 Å². The van der Waals surface area contributed by atoms with Gasteiger partial charge in [-0.15, -0.1) is 0 Å². The number of benzene rings is 1. The first kappa shape index (κ1) is 13.6. The summed E-state index contributed by atoms with van der Waals surface area (Å²) in [4.78, 5) is 29.2. The van der Waals surface area contributed by atoms with Gasteiger partial charge in [-0.2, -0.15) is 0 Å². The zero-order chi connectivity index (χ0) is 15.5. The zero-order valence-corrected chi connectivity index (χ0v) is 11.5. The Morgan fingerprint density at radius 1 is 1.09 bits per heavy atom. The van der Waals surface area contributed by atoms with E-state index in [2.05, 4.69) is 21.8 Å². The molecule has 2 aromatic heterocycles. The minimum absolute atomic E-state index is 0.192. The van der Waals surface area contributed by atoms with Gasteiger partial charge in [-0.25, -0.2) is 4.98 Å². The van der Waals surface area contributed by atoms with Crippen LogP contribution in [-0.2, 0) is 0 Å². The average molecular weight is 289 g/mol. The molecular weight excluding hydrogens is 278 g/mol. The van der Waals surface area contributed by atoms with Gasteiger partial charge < -0.3 is 10.7 Å². The molecule has 3 aromatic rings. The topological polar surface area (TPSA) is 88.8 Å². The van der Waals surface area contributed by atoms with Gasteiger partial charge in [0.2, 0.25) is 11.5 Å². The predicted octanol–water partition coefficient (Wildman–Crippen LogP) is 1.42. The van der Waals surface area contributed by atoms with E-state index in [1.807, 2.05) is 6.07 Å². The van der Waals surface area contributed by atoms with Crippen molar-refractivity contribution in [1.29, 1.82) is 0 Å². The summed E-state index contributed by atoms with van der Waals surface area (Å²) in [5.41, 5.74) is 7.39. The van der Waals surface area contributed by atoms with E-state index < -0.39 is 5.91 Å². The third-order valence-electron chi connectivity index (χ3n) is 3.07. The zero-order valence-electron chi connectivity index (χ0n) is 11.5. The van der Waals surface area contributed by atoms with Crippen LogP contribution >= 0.6 is 0 Å². The van der Waals surface area contributed by atoms with Crippen LogP contribution in [0.2, 0.25) is 0 Å². The lowest BCUT2D eigenvalue weighted by molar-refractivity contribution is 0.100. The van der Waals surface area contributed by atoms with Gasteiger partial charge in [0.1, 0.15) is 5.65 Å². The van der Waals surface area contributed by atoms with Crippen molar-refractivity contribution in [3.05, 3.63) is 75.7 Å². The van der Waals surface area contributed by atoms with E-state index in [1.54, 1.807) is 36.5 Å². The SMILES string of the molecule is NC(=O)c1cccc(C#Cc2cnc3[nH]c(=O)ccc3c2)c1. The molecule has 22 heavy (non-hydrogen) atoms. The molecule has 0 aliphatic rings. The van der Waals surface area contributed by atoms with Crippen molar-refractivity contribution < 1.29 is 4.79 Å². The molecule has 0 aliphatic heterocycles. The molecule has 3 rings (SSSR count). The summed E-state index contributed by atoms with van der Waals surface area (Å²) in [7, 11) is 0. The number of fused-ring (bicyclic) bond motifs is 1. The smallest absolute Gasteiger partial charge is 0.249 e. The van der Waals surface area contributed by atoms with Gasteiger partial charge >= 0.3 is 0 Å². The number of primary amides is 1. The molecule has 5 heteroatoms. The van der Waals surface area contributed by atoms with Crippen LogP contribution in [0.25, 0.3) is 11.0 Å². The summed E-state index contributed by atoms with van der Waals surface area (Å²) in [5, 5.41) is 0.803. The number of nitrogens with one attached hydrogen (secondary N) is 1. The Bertz CT molecular complexity index is 994. The highest BCUT2D eigenvalue weighted by Crippen LogP contribution is 2.09. The number of rotatable bonds is 1. The van der Waals surface area contributed by atoms with Crippen LogP contribution in [0.3, 0.4) is 0 Å². The molecule has 0 bridgehead atoms. The third kappa shape index (κ3) is 2.86. The lowest BCUT2D eigenvalue weighted by Crippen LogP contribution is -2.10. The standard InChI is InChI=1S/C17H11N3O2/c18-16(22)13-3-1-2-11(8-13)4-5-12-9-14-6-7-15(21)20-17(14)19-10-12/h1-3,6-10H,(H2,18,22)(H,19,20,21). The minimum atomic E-state index is -0.486. The number of nitrogens with zero attached hydrogens (tertiary/aromatic N) is 1. The molecule has 5 nitrogen and oxygen atoms in total. The summed E-state index contributed by atoms with van der Waals surface area (Å²) < 4.78 is 0. The maximum atomic E-state index is 11.2. The Morgan fingerprint density at radius 2 is 1.91 bits per heavy atom. The van der Waals surface area contributed by atoms with E-state index in [1.165, 1.54) is 6.07 Å². The fourth-order valence-electron chi connectivity index (χ4n) is 2.00. The highest BCUT2D eigenvalue weighted by Gasteiger charge is 2.00. The lowest BCUT2D eigenvalue weighted by Gasteiger charge is -1.97. The third-order valence-corrected chi connectivity index (χ3v) is 3.07. The Labute approximate surface area is 125 Å². The molecule has 0 saturated carbocycles. The predicted molar refractivity (Wildman–Crippen MR) is 83.3 cm³/mol. The van der Waals surface area contributed by atoms with Crippen LogP contribution in [0.15, 0.2) is 53.5 Å². The van der Waals surface area contributed by atoms with Crippen LogP contribution < -0.4 is 11.3 Å². The van der Waals surface area contributed by atoms with Crippen LogP contribution in [0, 0.1) is 11.8 Å². The molecular formula is C17H11N3O2. The number of hydrogen-bond acceptors (Lipinski definition) is 3. The summed E-state index contributed by atoms with van der Waals surface area (Å²) >= 11 is 0. The first-order valence-corrected chi connectivity index (χ1v) is 6.53. The second kappa shape index (κ2) is 5.54. The van der Waals surface area contributed by atoms with Crippen molar-refractivity contribution in [3.8, 4) is 11.8 Å². The lowest BCUT2D eigenvalue weighted by atomic mass is 10.1. The van der Waals surface area contributed by atoms with Gasteiger partial charge in [0, 0.05) is 34.3 Å². The first-order valence-electron chi connectivity index (χ1n) is 6.53. The molecule has 0 aliphatic carbocycles. The normalized spacial score (nSPS) is 10.0.